The molecule has 1 fully saturated rings. The molecule has 1 saturated heterocycles. The highest BCUT2D eigenvalue weighted by molar-refractivity contribution is 5.60. The second-order valence-corrected chi connectivity index (χ2v) is 5.84. The van der Waals surface area contributed by atoms with E-state index in [9.17, 15) is 0 Å². The number of nitrogens with one attached hydrogen (secondary N) is 1. The number of aromatic nitrogens is 2. The van der Waals surface area contributed by atoms with Crippen LogP contribution in [-0.2, 0) is 4.74 Å². The van der Waals surface area contributed by atoms with E-state index in [-0.39, 0.29) is 6.04 Å². The van der Waals surface area contributed by atoms with Crippen LogP contribution in [0.2, 0.25) is 0 Å². The van der Waals surface area contributed by atoms with Gasteiger partial charge in [0, 0.05) is 18.2 Å². The minimum Gasteiger partial charge on any atom is -0.497 e. The van der Waals surface area contributed by atoms with Gasteiger partial charge < -0.3 is 14.5 Å². The second-order valence-electron chi connectivity index (χ2n) is 5.84. The standard InChI is InChI=1S/C17H23N3O2/c1-12(2)20-7-8-22-11-16(20)17-18-10-15(19-17)13-5-4-6-14(9-13)21-3/h4-6,9-10,12,16H,7-8,11H2,1-3H3,(H,18,19)/t16-/m0/s1. The summed E-state index contributed by atoms with van der Waals surface area (Å²) in [6, 6.07) is 8.65. The van der Waals surface area contributed by atoms with Gasteiger partial charge in [0.2, 0.25) is 0 Å². The Morgan fingerprint density at radius 2 is 2.27 bits per heavy atom. The zero-order chi connectivity index (χ0) is 15.5. The molecule has 0 aliphatic carbocycles. The smallest absolute Gasteiger partial charge is 0.126 e. The summed E-state index contributed by atoms with van der Waals surface area (Å²) < 4.78 is 10.9. The quantitative estimate of drug-likeness (QED) is 0.943. The van der Waals surface area contributed by atoms with Gasteiger partial charge in [-0.15, -0.1) is 0 Å². The average molecular weight is 301 g/mol. The van der Waals surface area contributed by atoms with Crippen LogP contribution in [0.5, 0.6) is 5.75 Å². The number of ether oxygens (including phenoxy) is 2. The lowest BCUT2D eigenvalue weighted by Crippen LogP contribution is -2.43. The Labute approximate surface area is 131 Å². The lowest BCUT2D eigenvalue weighted by Gasteiger charge is -2.37. The molecule has 5 nitrogen and oxygen atoms in total. The van der Waals surface area contributed by atoms with Crippen LogP contribution in [0.3, 0.4) is 0 Å². The van der Waals surface area contributed by atoms with Crippen molar-refractivity contribution in [2.24, 2.45) is 0 Å². The Morgan fingerprint density at radius 3 is 3.05 bits per heavy atom. The highest BCUT2D eigenvalue weighted by Crippen LogP contribution is 2.27. The number of imidazole rings is 1. The highest BCUT2D eigenvalue weighted by atomic mass is 16.5. The minimum atomic E-state index is 0.188. The first-order valence-corrected chi connectivity index (χ1v) is 7.72. The Balaban J connectivity index is 1.86. The van der Waals surface area contributed by atoms with E-state index in [0.29, 0.717) is 12.6 Å². The molecule has 2 aromatic rings. The fourth-order valence-electron chi connectivity index (χ4n) is 2.91. The van der Waals surface area contributed by atoms with E-state index >= 15 is 0 Å². The number of hydrogen-bond acceptors (Lipinski definition) is 4. The van der Waals surface area contributed by atoms with Gasteiger partial charge in [0.05, 0.1) is 38.3 Å². The Bertz CT molecular complexity index is 624. The van der Waals surface area contributed by atoms with Gasteiger partial charge in [0.15, 0.2) is 0 Å². The van der Waals surface area contributed by atoms with Gasteiger partial charge in [-0.1, -0.05) is 12.1 Å². The summed E-state index contributed by atoms with van der Waals surface area (Å²) in [5, 5.41) is 0. The number of nitrogens with zero attached hydrogens (tertiary/aromatic N) is 2. The van der Waals surface area contributed by atoms with Gasteiger partial charge >= 0.3 is 0 Å². The first-order valence-electron chi connectivity index (χ1n) is 7.72. The molecule has 0 amide bonds. The van der Waals surface area contributed by atoms with Gasteiger partial charge in [-0.25, -0.2) is 4.98 Å². The number of methoxy groups -OCH3 is 1. The maximum absolute atomic E-state index is 5.65. The maximum Gasteiger partial charge on any atom is 0.126 e. The number of hydrogen-bond donors (Lipinski definition) is 1. The third-order valence-electron chi connectivity index (χ3n) is 4.13. The molecule has 0 saturated carbocycles. The van der Waals surface area contributed by atoms with Crippen LogP contribution in [0.4, 0.5) is 0 Å². The van der Waals surface area contributed by atoms with Crippen molar-refractivity contribution in [1.29, 1.82) is 0 Å². The molecule has 0 radical (unpaired) electrons. The topological polar surface area (TPSA) is 50.4 Å². The van der Waals surface area contributed by atoms with Crippen molar-refractivity contribution in [3.8, 4) is 17.0 Å². The third-order valence-corrected chi connectivity index (χ3v) is 4.13. The fraction of sp³-hybridized carbons (Fsp3) is 0.471. The molecule has 0 bridgehead atoms. The van der Waals surface area contributed by atoms with E-state index in [1.54, 1.807) is 7.11 Å². The van der Waals surface area contributed by atoms with Crippen LogP contribution < -0.4 is 4.74 Å². The number of aromatic amines is 1. The minimum absolute atomic E-state index is 0.188. The summed E-state index contributed by atoms with van der Waals surface area (Å²) in [5.74, 6) is 1.81. The molecule has 118 valence electrons. The van der Waals surface area contributed by atoms with E-state index in [1.165, 1.54) is 0 Å². The molecule has 0 unspecified atom stereocenters. The van der Waals surface area contributed by atoms with E-state index in [0.717, 1.165) is 36.0 Å². The van der Waals surface area contributed by atoms with E-state index in [1.807, 2.05) is 24.4 Å². The van der Waals surface area contributed by atoms with Gasteiger partial charge in [0.1, 0.15) is 11.6 Å². The summed E-state index contributed by atoms with van der Waals surface area (Å²) in [6.07, 6.45) is 1.89. The fourth-order valence-corrected chi connectivity index (χ4v) is 2.91. The van der Waals surface area contributed by atoms with Crippen molar-refractivity contribution in [1.82, 2.24) is 14.9 Å². The van der Waals surface area contributed by atoms with Crippen LogP contribution >= 0.6 is 0 Å². The van der Waals surface area contributed by atoms with E-state index in [4.69, 9.17) is 9.47 Å². The highest BCUT2D eigenvalue weighted by Gasteiger charge is 2.28. The van der Waals surface area contributed by atoms with Crippen LogP contribution in [0.1, 0.15) is 25.7 Å². The predicted molar refractivity (Wildman–Crippen MR) is 86.0 cm³/mol. The molecule has 2 heterocycles. The zero-order valence-electron chi connectivity index (χ0n) is 13.4. The number of morpholine rings is 1. The average Bonchev–Trinajstić information content (AvgIpc) is 3.05. The van der Waals surface area contributed by atoms with Crippen molar-refractivity contribution in [3.05, 3.63) is 36.3 Å². The van der Waals surface area contributed by atoms with Crippen LogP contribution in [-0.4, -0.2) is 47.8 Å². The Kier molecular flexibility index (Phi) is 4.45. The first-order chi connectivity index (χ1) is 10.7. The molecule has 1 aromatic heterocycles. The lowest BCUT2D eigenvalue weighted by atomic mass is 10.1. The van der Waals surface area contributed by atoms with Crippen molar-refractivity contribution < 1.29 is 9.47 Å². The largest absolute Gasteiger partial charge is 0.497 e. The van der Waals surface area contributed by atoms with Gasteiger partial charge in [0.25, 0.3) is 0 Å². The molecular weight excluding hydrogens is 278 g/mol. The van der Waals surface area contributed by atoms with Crippen molar-refractivity contribution in [2.45, 2.75) is 25.9 Å². The monoisotopic (exact) mass is 301 g/mol. The summed E-state index contributed by atoms with van der Waals surface area (Å²) >= 11 is 0. The predicted octanol–water partition coefficient (Wildman–Crippen LogP) is 2.87. The summed E-state index contributed by atoms with van der Waals surface area (Å²) in [6.45, 7) is 6.84. The summed E-state index contributed by atoms with van der Waals surface area (Å²) in [4.78, 5) is 10.5. The third kappa shape index (κ3) is 3.00. The summed E-state index contributed by atoms with van der Waals surface area (Å²) in [5.41, 5.74) is 2.08. The molecule has 1 aromatic carbocycles. The van der Waals surface area contributed by atoms with E-state index < -0.39 is 0 Å². The first kappa shape index (κ1) is 15.1. The number of H-pyrrole nitrogens is 1. The van der Waals surface area contributed by atoms with Gasteiger partial charge in [-0.05, 0) is 26.0 Å². The Morgan fingerprint density at radius 1 is 1.41 bits per heavy atom. The van der Waals surface area contributed by atoms with Crippen LogP contribution in [0, 0.1) is 0 Å². The van der Waals surface area contributed by atoms with Crippen molar-refractivity contribution in [3.63, 3.8) is 0 Å². The molecular formula is C17H23N3O2. The van der Waals surface area contributed by atoms with Crippen molar-refractivity contribution >= 4 is 0 Å². The van der Waals surface area contributed by atoms with Crippen molar-refractivity contribution in [2.75, 3.05) is 26.9 Å². The second kappa shape index (κ2) is 6.50. The molecule has 5 heteroatoms. The number of rotatable bonds is 4. The molecule has 22 heavy (non-hydrogen) atoms. The molecule has 1 aliphatic heterocycles. The van der Waals surface area contributed by atoms with Crippen LogP contribution in [0.25, 0.3) is 11.3 Å². The lowest BCUT2D eigenvalue weighted by molar-refractivity contribution is -0.0262. The molecule has 1 atom stereocenters. The van der Waals surface area contributed by atoms with Gasteiger partial charge in [-0.2, -0.15) is 0 Å². The molecule has 1 aliphatic rings. The zero-order valence-corrected chi connectivity index (χ0v) is 13.4. The molecule has 3 rings (SSSR count). The van der Waals surface area contributed by atoms with E-state index in [2.05, 4.69) is 34.8 Å². The maximum atomic E-state index is 5.65. The van der Waals surface area contributed by atoms with Gasteiger partial charge in [-0.3, -0.25) is 4.90 Å². The normalized spacial score (nSPS) is 19.5. The summed E-state index contributed by atoms with van der Waals surface area (Å²) in [7, 11) is 1.68. The SMILES string of the molecule is COc1cccc(-c2cnc([C@@H]3COCCN3C(C)C)[nH]2)c1. The van der Waals surface area contributed by atoms with Crippen LogP contribution in [0.15, 0.2) is 30.5 Å². The Hall–Kier alpha value is -1.85. The molecule has 1 N–H and O–H groups in total. The number of benzene rings is 1. The molecule has 0 spiro atoms.